The van der Waals surface area contributed by atoms with Gasteiger partial charge in [-0.2, -0.15) is 0 Å². The summed E-state index contributed by atoms with van der Waals surface area (Å²) in [6.45, 7) is 13.5. The minimum Gasteiger partial charge on any atom is -0.299 e. The number of nitrogens with zero attached hydrogens (tertiary/aromatic N) is 4. The SMILES string of the molecule is CC(C)(C)c1ccc(-c2cc(-c3ccc4c5ccccc5n(-c5cc(C(C)(C)C)ccn5)c4c3)cc3sc4c(c5cccc6c7ccccc7n4c65)c23)nc1. The van der Waals surface area contributed by atoms with Gasteiger partial charge in [-0.25, -0.2) is 4.98 Å². The lowest BCUT2D eigenvalue weighted by Crippen LogP contribution is -2.12. The van der Waals surface area contributed by atoms with Crippen LogP contribution in [-0.2, 0) is 10.8 Å². The molecular weight excluding hydrogens is 689 g/mol. The lowest BCUT2D eigenvalue weighted by Gasteiger charge is -2.20. The maximum atomic E-state index is 5.19. The summed E-state index contributed by atoms with van der Waals surface area (Å²) in [6.07, 6.45) is 4.02. The van der Waals surface area contributed by atoms with Gasteiger partial charge >= 0.3 is 0 Å². The number of rotatable bonds is 3. The molecule has 4 nitrogen and oxygen atoms in total. The molecular formula is C50H40N4S. The van der Waals surface area contributed by atoms with Crippen LogP contribution >= 0.6 is 11.3 Å². The van der Waals surface area contributed by atoms with Crippen LogP contribution in [0.1, 0.15) is 52.7 Å². The summed E-state index contributed by atoms with van der Waals surface area (Å²) < 4.78 is 6.11. The predicted molar refractivity (Wildman–Crippen MR) is 235 cm³/mol. The molecule has 11 rings (SSSR count). The van der Waals surface area contributed by atoms with Crippen LogP contribution in [0.5, 0.6) is 0 Å². The maximum absolute atomic E-state index is 5.19. The second kappa shape index (κ2) is 11.2. The first-order valence-corrected chi connectivity index (χ1v) is 20.0. The largest absolute Gasteiger partial charge is 0.299 e. The Hall–Kier alpha value is -6.04. The van der Waals surface area contributed by atoms with Gasteiger partial charge < -0.3 is 0 Å². The van der Waals surface area contributed by atoms with Crippen molar-refractivity contribution in [1.82, 2.24) is 18.9 Å². The van der Waals surface area contributed by atoms with E-state index in [0.717, 1.165) is 28.1 Å². The molecule has 0 fully saturated rings. The Morgan fingerprint density at radius 3 is 2.00 bits per heavy atom. The van der Waals surface area contributed by atoms with E-state index in [0.29, 0.717) is 0 Å². The van der Waals surface area contributed by atoms with Gasteiger partial charge in [0.25, 0.3) is 0 Å². The van der Waals surface area contributed by atoms with Gasteiger partial charge in [-0.05, 0) is 81.6 Å². The third-order valence-corrected chi connectivity index (χ3v) is 12.8. The Morgan fingerprint density at radius 2 is 1.24 bits per heavy atom. The van der Waals surface area contributed by atoms with Crippen LogP contribution < -0.4 is 0 Å². The van der Waals surface area contributed by atoms with Crippen molar-refractivity contribution >= 4 is 80.6 Å². The van der Waals surface area contributed by atoms with Crippen molar-refractivity contribution in [1.29, 1.82) is 0 Å². The van der Waals surface area contributed by atoms with E-state index in [2.05, 4.69) is 178 Å². The number of hydrogen-bond donors (Lipinski definition) is 0. The first-order valence-electron chi connectivity index (χ1n) is 19.2. The quantitative estimate of drug-likeness (QED) is 0.182. The van der Waals surface area contributed by atoms with Crippen molar-refractivity contribution < 1.29 is 0 Å². The molecule has 0 saturated heterocycles. The number of fused-ring (bicyclic) bond motifs is 11. The third-order valence-electron chi connectivity index (χ3n) is 11.7. The highest BCUT2D eigenvalue weighted by Gasteiger charge is 2.25. The highest BCUT2D eigenvalue weighted by molar-refractivity contribution is 7.26. The number of pyridine rings is 2. The predicted octanol–water partition coefficient (Wildman–Crippen LogP) is 13.9. The summed E-state index contributed by atoms with van der Waals surface area (Å²) in [7, 11) is 0. The molecule has 5 heteroatoms. The molecule has 0 saturated carbocycles. The summed E-state index contributed by atoms with van der Waals surface area (Å²) in [4.78, 5) is 11.4. The molecule has 6 heterocycles. The van der Waals surface area contributed by atoms with Crippen molar-refractivity contribution in [3.05, 3.63) is 145 Å². The van der Waals surface area contributed by atoms with E-state index in [4.69, 9.17) is 9.97 Å². The standard InChI is InChI=1S/C50H40N4S/c1-49(2,3)31-22-23-51-44(27-31)53-40-16-9-7-12-33(40)35-20-18-29(25-42(35)53)30-24-38(39-21-19-32(28-52-39)50(4,5)6)45-43(26-30)55-48-46(45)37-15-11-14-36-34-13-8-10-17-41(34)54(48)47(36)37/h7-28H,1-6H3. The molecule has 0 bridgehead atoms. The minimum absolute atomic E-state index is 0.00671. The molecule has 0 amide bonds. The van der Waals surface area contributed by atoms with Gasteiger partial charge in [0.2, 0.25) is 0 Å². The zero-order valence-electron chi connectivity index (χ0n) is 31.9. The molecule has 0 radical (unpaired) electrons. The van der Waals surface area contributed by atoms with Crippen molar-refractivity contribution in [2.45, 2.75) is 52.4 Å². The summed E-state index contributed by atoms with van der Waals surface area (Å²) in [5, 5.41) is 8.94. The van der Waals surface area contributed by atoms with E-state index in [1.807, 2.05) is 17.5 Å². The van der Waals surface area contributed by atoms with Crippen molar-refractivity contribution in [3.63, 3.8) is 0 Å². The van der Waals surface area contributed by atoms with Crippen LogP contribution in [0.25, 0.3) is 97.5 Å². The van der Waals surface area contributed by atoms with Gasteiger partial charge in [-0.1, -0.05) is 114 Å². The molecule has 6 aromatic heterocycles. The van der Waals surface area contributed by atoms with Crippen LogP contribution in [0.15, 0.2) is 134 Å². The lowest BCUT2D eigenvalue weighted by atomic mass is 9.88. The minimum atomic E-state index is 0.00671. The Bertz CT molecular complexity index is 3320. The fraction of sp³-hybridized carbons (Fsp3) is 0.160. The summed E-state index contributed by atoms with van der Waals surface area (Å²) in [5.74, 6) is 0.939. The number of para-hydroxylation sites is 3. The van der Waals surface area contributed by atoms with Crippen LogP contribution in [-0.4, -0.2) is 18.9 Å². The monoisotopic (exact) mass is 728 g/mol. The van der Waals surface area contributed by atoms with Gasteiger partial charge in [0, 0.05) is 60.4 Å². The van der Waals surface area contributed by atoms with Gasteiger partial charge in [-0.15, -0.1) is 11.3 Å². The van der Waals surface area contributed by atoms with E-state index in [-0.39, 0.29) is 10.8 Å². The average molecular weight is 729 g/mol. The smallest absolute Gasteiger partial charge is 0.137 e. The van der Waals surface area contributed by atoms with Gasteiger partial charge in [0.1, 0.15) is 10.6 Å². The van der Waals surface area contributed by atoms with Crippen LogP contribution in [0.2, 0.25) is 0 Å². The molecule has 55 heavy (non-hydrogen) atoms. The normalized spacial score (nSPS) is 12.9. The van der Waals surface area contributed by atoms with E-state index in [9.17, 15) is 0 Å². The molecule has 0 N–H and O–H groups in total. The second-order valence-electron chi connectivity index (χ2n) is 17.2. The van der Waals surface area contributed by atoms with Gasteiger partial charge in [0.05, 0.1) is 27.8 Å². The first-order chi connectivity index (χ1) is 26.5. The van der Waals surface area contributed by atoms with Crippen LogP contribution in [0.4, 0.5) is 0 Å². The molecule has 0 spiro atoms. The maximum Gasteiger partial charge on any atom is 0.137 e. The van der Waals surface area contributed by atoms with Crippen LogP contribution in [0, 0.1) is 0 Å². The zero-order chi connectivity index (χ0) is 37.4. The summed E-state index contributed by atoms with van der Waals surface area (Å²) in [6, 6.07) is 44.9. The fourth-order valence-corrected chi connectivity index (χ4v) is 10.1. The Kier molecular flexibility index (Phi) is 6.63. The van der Waals surface area contributed by atoms with Gasteiger partial charge in [-0.3, -0.25) is 14.0 Å². The molecule has 11 aromatic rings. The van der Waals surface area contributed by atoms with E-state index in [1.165, 1.54) is 80.5 Å². The van der Waals surface area contributed by atoms with Crippen molar-refractivity contribution in [2.24, 2.45) is 0 Å². The van der Waals surface area contributed by atoms with E-state index < -0.39 is 0 Å². The molecule has 5 aromatic carbocycles. The van der Waals surface area contributed by atoms with Crippen molar-refractivity contribution in [2.75, 3.05) is 0 Å². The third kappa shape index (κ3) is 4.69. The number of hydrogen-bond acceptors (Lipinski definition) is 3. The van der Waals surface area contributed by atoms with E-state index in [1.54, 1.807) is 0 Å². The van der Waals surface area contributed by atoms with Crippen LogP contribution in [0.3, 0.4) is 0 Å². The molecule has 0 unspecified atom stereocenters. The highest BCUT2D eigenvalue weighted by Crippen LogP contribution is 2.49. The highest BCUT2D eigenvalue weighted by atomic mass is 32.1. The number of aromatic nitrogens is 4. The average Bonchev–Trinajstić information content (AvgIpc) is 3.91. The molecule has 0 aliphatic carbocycles. The Morgan fingerprint density at radius 1 is 0.527 bits per heavy atom. The Balaban J connectivity index is 1.21. The lowest BCUT2D eigenvalue weighted by molar-refractivity contribution is 0.587. The van der Waals surface area contributed by atoms with Crippen molar-refractivity contribution in [3.8, 4) is 28.2 Å². The second-order valence-corrected chi connectivity index (χ2v) is 18.2. The van der Waals surface area contributed by atoms with E-state index >= 15 is 0 Å². The Labute approximate surface area is 323 Å². The molecule has 0 aliphatic heterocycles. The first kappa shape index (κ1) is 32.4. The fourth-order valence-electron chi connectivity index (χ4n) is 8.82. The zero-order valence-corrected chi connectivity index (χ0v) is 32.7. The molecule has 266 valence electrons. The molecule has 0 atom stereocenters. The number of benzene rings is 5. The summed E-state index contributed by atoms with van der Waals surface area (Å²) in [5.41, 5.74) is 11.9. The summed E-state index contributed by atoms with van der Waals surface area (Å²) >= 11 is 1.89. The topological polar surface area (TPSA) is 35.1 Å². The molecule has 0 aliphatic rings. The van der Waals surface area contributed by atoms with Gasteiger partial charge in [0.15, 0.2) is 0 Å². The number of thiophene rings is 1.